The molecule has 2 aromatic carbocycles. The van der Waals surface area contributed by atoms with Crippen LogP contribution in [0.1, 0.15) is 38.8 Å². The van der Waals surface area contributed by atoms with E-state index in [0.717, 1.165) is 61.3 Å². The molecule has 4 rings (SSSR count). The maximum absolute atomic E-state index is 13.2. The van der Waals surface area contributed by atoms with Crippen LogP contribution in [-0.4, -0.2) is 179 Å². The molecule has 390 valence electrons. The first kappa shape index (κ1) is 57.2. The summed E-state index contributed by atoms with van der Waals surface area (Å²) >= 11 is 0. The van der Waals surface area contributed by atoms with Crippen molar-refractivity contribution in [2.45, 2.75) is 40.8 Å². The minimum Gasteiger partial charge on any atom is -0.485 e. The number of esters is 8. The minimum absolute atomic E-state index is 0.00732. The summed E-state index contributed by atoms with van der Waals surface area (Å²) in [4.78, 5) is 102. The zero-order valence-electron chi connectivity index (χ0n) is 42.3. The Morgan fingerprint density at radius 2 is 0.972 bits per heavy atom. The number of fused-ring (bicyclic) bond motifs is 2. The highest BCUT2D eigenvalue weighted by Gasteiger charge is 2.39. The number of allylic oxidation sites excluding steroid dienone is 4. The molecular formula is C49H63N4O18Si+. The number of ether oxygens (including phenoxy) is 10. The molecule has 0 bridgehead atoms. The first-order valence-electron chi connectivity index (χ1n) is 22.6. The van der Waals surface area contributed by atoms with E-state index in [1.165, 1.54) is 19.8 Å². The molecule has 23 heteroatoms. The van der Waals surface area contributed by atoms with E-state index in [9.17, 15) is 38.4 Å². The van der Waals surface area contributed by atoms with Crippen molar-refractivity contribution in [2.24, 2.45) is 0 Å². The lowest BCUT2D eigenvalue weighted by molar-refractivity contribution is -0.509. The largest absolute Gasteiger partial charge is 0.485 e. The summed E-state index contributed by atoms with van der Waals surface area (Å²) in [5.74, 6) is -5.88. The maximum Gasteiger partial charge on any atom is 0.375 e. The summed E-state index contributed by atoms with van der Waals surface area (Å²) in [6, 6.07) is 12.8. The van der Waals surface area contributed by atoms with E-state index in [1.807, 2.05) is 34.3 Å². The third-order valence-corrected chi connectivity index (χ3v) is 14.3. The van der Waals surface area contributed by atoms with Gasteiger partial charge in [0, 0.05) is 79.9 Å². The number of rotatable bonds is 25. The van der Waals surface area contributed by atoms with Gasteiger partial charge in [-0.2, -0.15) is 0 Å². The Bertz CT molecular complexity index is 2360. The van der Waals surface area contributed by atoms with Gasteiger partial charge in [-0.15, -0.1) is 0 Å². The summed E-state index contributed by atoms with van der Waals surface area (Å²) in [7, 11) is 5.63. The molecule has 0 unspecified atom stereocenters. The van der Waals surface area contributed by atoms with Gasteiger partial charge in [0.2, 0.25) is 46.0 Å². The van der Waals surface area contributed by atoms with Crippen LogP contribution in [-0.2, 0) is 85.7 Å². The standard InChI is InChI=1S/C49H63N4O18Si/c1-32(54)64-28-68-45(58)24-52(25-46(59)69-29-65-33(2)55)17-18-62-19-20-63-42-21-36(11-16-41(42)53(26-47(60)70-30-66-34(3)56)27-48(61)71-31-67-35(4)57)49-39-14-12-37(50(5)6)22-43(39)72(9,10)44-23-38(51(7)8)13-15-40(44)49/h11-16,21-23H,17-20,24-31H2,1-10H3/q+1. The lowest BCUT2D eigenvalue weighted by Gasteiger charge is -2.37. The number of nitrogens with zero attached hydrogens (tertiary/aromatic N) is 4. The van der Waals surface area contributed by atoms with Gasteiger partial charge in [-0.25, -0.2) is 14.2 Å². The molecule has 0 saturated heterocycles. The summed E-state index contributed by atoms with van der Waals surface area (Å²) in [6.07, 6.45) is 5.34. The fraction of sp³-hybridized carbons (Fsp3) is 0.449. The van der Waals surface area contributed by atoms with Crippen molar-refractivity contribution in [1.82, 2.24) is 4.90 Å². The lowest BCUT2D eigenvalue weighted by atomic mass is 9.89. The second kappa shape index (κ2) is 27.3. The van der Waals surface area contributed by atoms with E-state index < -0.39 is 109 Å². The fourth-order valence-corrected chi connectivity index (χ4v) is 10.3. The van der Waals surface area contributed by atoms with Gasteiger partial charge in [0.25, 0.3) is 0 Å². The van der Waals surface area contributed by atoms with Crippen LogP contribution in [0.15, 0.2) is 66.0 Å². The van der Waals surface area contributed by atoms with Crippen LogP contribution < -0.4 is 20.2 Å². The highest BCUT2D eigenvalue weighted by molar-refractivity contribution is 7.02. The summed E-state index contributed by atoms with van der Waals surface area (Å²) < 4.78 is 52.7. The smallest absolute Gasteiger partial charge is 0.375 e. The summed E-state index contributed by atoms with van der Waals surface area (Å²) in [5.41, 5.74) is 6.04. The summed E-state index contributed by atoms with van der Waals surface area (Å²) in [6.45, 7) is 4.43. The Labute approximate surface area is 418 Å². The van der Waals surface area contributed by atoms with Crippen molar-refractivity contribution in [3.8, 4) is 0 Å². The number of carbonyl (C=O) groups excluding carboxylic acids is 8. The number of carbonyl (C=O) groups is 8. The molecule has 1 aliphatic heterocycles. The average Bonchev–Trinajstić information content (AvgIpc) is 3.29. The van der Waals surface area contributed by atoms with Gasteiger partial charge >= 0.3 is 47.8 Å². The van der Waals surface area contributed by atoms with E-state index in [2.05, 4.69) is 68.8 Å². The van der Waals surface area contributed by atoms with E-state index in [-0.39, 0.29) is 37.8 Å². The number of hydrogen-bond acceptors (Lipinski definition) is 21. The van der Waals surface area contributed by atoms with Crippen molar-refractivity contribution in [2.75, 3.05) is 118 Å². The molecule has 72 heavy (non-hydrogen) atoms. The van der Waals surface area contributed by atoms with Crippen LogP contribution >= 0.6 is 0 Å². The monoisotopic (exact) mass is 1020 g/mol. The van der Waals surface area contributed by atoms with Gasteiger partial charge in [0.05, 0.1) is 26.3 Å². The highest BCUT2D eigenvalue weighted by Crippen LogP contribution is 2.37. The fourth-order valence-electron chi connectivity index (χ4n) is 7.26. The van der Waals surface area contributed by atoms with Crippen molar-refractivity contribution in [1.29, 1.82) is 0 Å². The first-order valence-corrected chi connectivity index (χ1v) is 25.6. The molecule has 0 amide bonds. The van der Waals surface area contributed by atoms with Gasteiger partial charge in [-0.3, -0.25) is 33.7 Å². The zero-order valence-corrected chi connectivity index (χ0v) is 43.3. The quantitative estimate of drug-likeness (QED) is 0.0340. The number of benzene rings is 2. The predicted molar refractivity (Wildman–Crippen MR) is 261 cm³/mol. The molecule has 2 aliphatic rings. The van der Waals surface area contributed by atoms with Gasteiger partial charge in [0.1, 0.15) is 14.7 Å². The Balaban J connectivity index is 1.75. The second-order valence-electron chi connectivity index (χ2n) is 17.0. The lowest BCUT2D eigenvalue weighted by Crippen LogP contribution is -2.58. The molecule has 22 nitrogen and oxygen atoms in total. The molecule has 0 spiro atoms. The summed E-state index contributed by atoms with van der Waals surface area (Å²) in [5, 5.41) is 2.42. The Kier molecular flexibility index (Phi) is 21.7. The Morgan fingerprint density at radius 3 is 1.39 bits per heavy atom. The van der Waals surface area contributed by atoms with Crippen LogP contribution in [0.25, 0.3) is 5.57 Å². The molecule has 0 atom stereocenters. The SMILES string of the molecule is CC(=O)OCOC(=O)CN(CCOCCOC1=CC(=C2c3ccc(N(C)C)cc3[Si](C)(C)c3cc(N(C)C)ccc32)C=CC1=[N+](CC(=O)OCOC(C)=O)CC(=O)OCOC(C)=O)CC(=O)OCOC(C)=O. The number of anilines is 2. The van der Waals surface area contributed by atoms with Gasteiger partial charge in [-0.05, 0) is 69.1 Å². The van der Waals surface area contributed by atoms with Gasteiger partial charge < -0.3 is 57.2 Å². The van der Waals surface area contributed by atoms with Crippen LogP contribution in [0.5, 0.6) is 0 Å². The molecule has 0 aromatic heterocycles. The maximum atomic E-state index is 13.2. The minimum atomic E-state index is -2.34. The van der Waals surface area contributed by atoms with E-state index in [0.29, 0.717) is 0 Å². The molecular weight excluding hydrogens is 961 g/mol. The van der Waals surface area contributed by atoms with Gasteiger partial charge in [0.15, 0.2) is 5.76 Å². The third kappa shape index (κ3) is 17.5. The van der Waals surface area contributed by atoms with E-state index in [4.69, 9.17) is 37.9 Å². The zero-order chi connectivity index (χ0) is 53.1. The van der Waals surface area contributed by atoms with E-state index >= 15 is 0 Å². The second-order valence-corrected chi connectivity index (χ2v) is 21.4. The van der Waals surface area contributed by atoms with Crippen LogP contribution in [0.2, 0.25) is 13.1 Å². The highest BCUT2D eigenvalue weighted by atomic mass is 28.3. The van der Waals surface area contributed by atoms with Crippen LogP contribution in [0.3, 0.4) is 0 Å². The van der Waals surface area contributed by atoms with Crippen LogP contribution in [0, 0.1) is 0 Å². The molecule has 0 radical (unpaired) electrons. The Hall–Kier alpha value is -7.37. The average molecular weight is 1020 g/mol. The molecule has 2 aromatic rings. The van der Waals surface area contributed by atoms with Crippen molar-refractivity contribution in [3.05, 3.63) is 77.1 Å². The third-order valence-electron chi connectivity index (χ3n) is 10.8. The molecule has 0 saturated carbocycles. The van der Waals surface area contributed by atoms with E-state index in [1.54, 1.807) is 12.2 Å². The normalized spacial score (nSPS) is 13.1. The molecule has 1 aliphatic carbocycles. The topological polar surface area (TPSA) is 242 Å². The van der Waals surface area contributed by atoms with Crippen LogP contribution in [0.4, 0.5) is 11.4 Å². The van der Waals surface area contributed by atoms with Crippen molar-refractivity contribution in [3.63, 3.8) is 0 Å². The predicted octanol–water partition coefficient (Wildman–Crippen LogP) is 1.25. The Morgan fingerprint density at radius 1 is 0.542 bits per heavy atom. The molecule has 0 N–H and O–H groups in total. The molecule has 1 heterocycles. The van der Waals surface area contributed by atoms with Crippen molar-refractivity contribution < 1.29 is 90.3 Å². The van der Waals surface area contributed by atoms with Gasteiger partial charge in [-0.1, -0.05) is 25.2 Å². The first-order chi connectivity index (χ1) is 34.1. The van der Waals surface area contributed by atoms with Crippen molar-refractivity contribution >= 4 is 88.9 Å². The molecule has 0 fully saturated rings. The number of hydrogen-bond donors (Lipinski definition) is 0.